The molecule has 1 heterocycles. The number of carbonyl (C=O) groups excluding carboxylic acids is 2. The van der Waals surface area contributed by atoms with Crippen LogP contribution in [0.5, 0.6) is 0 Å². The summed E-state index contributed by atoms with van der Waals surface area (Å²) in [7, 11) is 1.40. The highest BCUT2D eigenvalue weighted by atomic mass is 16.6. The minimum Gasteiger partial charge on any atom is -0.465 e. The number of carbonyl (C=O) groups is 2. The van der Waals surface area contributed by atoms with E-state index in [-0.39, 0.29) is 12.1 Å². The molecule has 0 unspecified atom stereocenters. The zero-order chi connectivity index (χ0) is 18.6. The Labute approximate surface area is 149 Å². The van der Waals surface area contributed by atoms with Gasteiger partial charge < -0.3 is 14.4 Å². The average molecular weight is 348 g/mol. The molecule has 0 atom stereocenters. The van der Waals surface area contributed by atoms with Crippen LogP contribution in [-0.4, -0.2) is 60.8 Å². The first-order valence-corrected chi connectivity index (χ1v) is 8.58. The summed E-state index contributed by atoms with van der Waals surface area (Å²) < 4.78 is 10.3. The van der Waals surface area contributed by atoms with Crippen molar-refractivity contribution in [3.63, 3.8) is 0 Å². The Morgan fingerprint density at radius 1 is 1.12 bits per heavy atom. The lowest BCUT2D eigenvalue weighted by Crippen LogP contribution is -2.49. The first kappa shape index (κ1) is 19.2. The summed E-state index contributed by atoms with van der Waals surface area (Å²) in [5, 5.41) is 0. The Kier molecular flexibility index (Phi) is 6.06. The van der Waals surface area contributed by atoms with Gasteiger partial charge in [-0.3, -0.25) is 4.90 Å². The van der Waals surface area contributed by atoms with Gasteiger partial charge >= 0.3 is 12.1 Å². The predicted molar refractivity (Wildman–Crippen MR) is 95.6 cm³/mol. The average Bonchev–Trinajstić information content (AvgIpc) is 2.54. The molecule has 1 amide bonds. The zero-order valence-corrected chi connectivity index (χ0v) is 15.8. The molecule has 1 fully saturated rings. The number of piperazine rings is 1. The van der Waals surface area contributed by atoms with E-state index in [0.717, 1.165) is 24.2 Å². The lowest BCUT2D eigenvalue weighted by Gasteiger charge is -2.35. The predicted octanol–water partition coefficient (Wildman–Crippen LogP) is 2.83. The summed E-state index contributed by atoms with van der Waals surface area (Å²) in [6, 6.07) is 5.83. The number of rotatable bonds is 3. The molecule has 138 valence electrons. The van der Waals surface area contributed by atoms with Crippen LogP contribution >= 0.6 is 0 Å². The molecule has 0 saturated carbocycles. The van der Waals surface area contributed by atoms with Crippen molar-refractivity contribution in [2.75, 3.05) is 33.3 Å². The maximum absolute atomic E-state index is 12.1. The second-order valence-electron chi connectivity index (χ2n) is 7.40. The van der Waals surface area contributed by atoms with Gasteiger partial charge in [-0.2, -0.15) is 0 Å². The number of methoxy groups -OCH3 is 1. The number of esters is 1. The van der Waals surface area contributed by atoms with Crippen LogP contribution in [0.15, 0.2) is 18.2 Å². The van der Waals surface area contributed by atoms with E-state index in [0.29, 0.717) is 25.2 Å². The molecule has 1 aliphatic heterocycles. The zero-order valence-electron chi connectivity index (χ0n) is 15.8. The summed E-state index contributed by atoms with van der Waals surface area (Å²) in [6.07, 6.45) is -0.266. The first-order chi connectivity index (χ1) is 11.7. The van der Waals surface area contributed by atoms with Crippen LogP contribution in [0.3, 0.4) is 0 Å². The number of aryl methyl sites for hydroxylation is 1. The molecule has 2 rings (SSSR count). The van der Waals surface area contributed by atoms with E-state index < -0.39 is 5.60 Å². The number of hydrogen-bond acceptors (Lipinski definition) is 5. The highest BCUT2D eigenvalue weighted by Crippen LogP contribution is 2.17. The van der Waals surface area contributed by atoms with Crippen LogP contribution in [-0.2, 0) is 16.0 Å². The third-order valence-corrected chi connectivity index (χ3v) is 4.09. The maximum Gasteiger partial charge on any atom is 0.410 e. The molecule has 0 aliphatic carbocycles. The van der Waals surface area contributed by atoms with E-state index in [1.807, 2.05) is 45.9 Å². The van der Waals surface area contributed by atoms with Crippen molar-refractivity contribution in [3.8, 4) is 0 Å². The van der Waals surface area contributed by atoms with Crippen LogP contribution in [0.1, 0.15) is 42.3 Å². The molecule has 25 heavy (non-hydrogen) atoms. The monoisotopic (exact) mass is 348 g/mol. The van der Waals surface area contributed by atoms with Crippen LogP contribution in [0.4, 0.5) is 4.79 Å². The molecule has 6 nitrogen and oxygen atoms in total. The van der Waals surface area contributed by atoms with Crippen molar-refractivity contribution in [2.45, 2.75) is 39.8 Å². The molecule has 1 aromatic carbocycles. The number of ether oxygens (including phenoxy) is 2. The van der Waals surface area contributed by atoms with Crippen LogP contribution in [0.2, 0.25) is 0 Å². The van der Waals surface area contributed by atoms with Crippen molar-refractivity contribution < 1.29 is 19.1 Å². The van der Waals surface area contributed by atoms with Crippen molar-refractivity contribution in [3.05, 3.63) is 34.9 Å². The van der Waals surface area contributed by atoms with E-state index in [1.54, 1.807) is 4.90 Å². The van der Waals surface area contributed by atoms with Gasteiger partial charge in [0, 0.05) is 32.7 Å². The Hall–Kier alpha value is -2.08. The molecule has 0 radical (unpaired) electrons. The molecule has 0 bridgehead atoms. The summed E-state index contributed by atoms with van der Waals surface area (Å²) in [5.41, 5.74) is 2.10. The summed E-state index contributed by atoms with van der Waals surface area (Å²) >= 11 is 0. The van der Waals surface area contributed by atoms with Crippen LogP contribution < -0.4 is 0 Å². The van der Waals surface area contributed by atoms with Gasteiger partial charge in [-0.25, -0.2) is 9.59 Å². The number of amides is 1. The number of nitrogens with zero attached hydrogens (tertiary/aromatic N) is 2. The largest absolute Gasteiger partial charge is 0.465 e. The normalized spacial score (nSPS) is 15.8. The van der Waals surface area contributed by atoms with E-state index in [9.17, 15) is 9.59 Å². The van der Waals surface area contributed by atoms with Crippen molar-refractivity contribution >= 4 is 12.1 Å². The van der Waals surface area contributed by atoms with Crippen LogP contribution in [0, 0.1) is 6.92 Å². The van der Waals surface area contributed by atoms with Gasteiger partial charge in [0.1, 0.15) is 5.60 Å². The fraction of sp³-hybridized carbons (Fsp3) is 0.579. The molecule has 0 spiro atoms. The highest BCUT2D eigenvalue weighted by Gasteiger charge is 2.26. The second-order valence-corrected chi connectivity index (χ2v) is 7.40. The third-order valence-electron chi connectivity index (χ3n) is 4.09. The van der Waals surface area contributed by atoms with Crippen molar-refractivity contribution in [1.82, 2.24) is 9.80 Å². The van der Waals surface area contributed by atoms with Gasteiger partial charge in [0.2, 0.25) is 0 Å². The minimum absolute atomic E-state index is 0.266. The van der Waals surface area contributed by atoms with Gasteiger partial charge in [-0.15, -0.1) is 0 Å². The summed E-state index contributed by atoms with van der Waals surface area (Å²) in [4.78, 5) is 28.1. The molecule has 1 saturated heterocycles. The van der Waals surface area contributed by atoms with Gasteiger partial charge in [-0.1, -0.05) is 17.7 Å². The fourth-order valence-electron chi connectivity index (χ4n) is 2.78. The second kappa shape index (κ2) is 7.87. The van der Waals surface area contributed by atoms with E-state index in [4.69, 9.17) is 9.47 Å². The van der Waals surface area contributed by atoms with Gasteiger partial charge in [0.15, 0.2) is 0 Å². The van der Waals surface area contributed by atoms with E-state index >= 15 is 0 Å². The molecular formula is C19H28N2O4. The van der Waals surface area contributed by atoms with Gasteiger partial charge in [-0.05, 0) is 39.3 Å². The number of hydrogen-bond donors (Lipinski definition) is 0. The van der Waals surface area contributed by atoms with E-state index in [1.165, 1.54) is 7.11 Å². The van der Waals surface area contributed by atoms with Crippen molar-refractivity contribution in [2.24, 2.45) is 0 Å². The van der Waals surface area contributed by atoms with E-state index in [2.05, 4.69) is 4.90 Å². The van der Waals surface area contributed by atoms with Crippen LogP contribution in [0.25, 0.3) is 0 Å². The minimum atomic E-state index is -0.481. The Balaban J connectivity index is 1.97. The Morgan fingerprint density at radius 2 is 1.76 bits per heavy atom. The molecule has 1 aromatic rings. The summed E-state index contributed by atoms with van der Waals surface area (Å²) in [5.74, 6) is -0.314. The summed E-state index contributed by atoms with van der Waals surface area (Å²) in [6.45, 7) is 10.9. The lowest BCUT2D eigenvalue weighted by atomic mass is 10.0. The first-order valence-electron chi connectivity index (χ1n) is 8.58. The molecule has 6 heteroatoms. The Bertz CT molecular complexity index is 629. The molecule has 0 N–H and O–H groups in total. The third kappa shape index (κ3) is 5.46. The standard InChI is InChI=1S/C19H28N2O4/c1-14-6-7-15(16(12-14)17(22)24-5)13-20-8-10-21(11-9-20)18(23)25-19(2,3)4/h6-7,12H,8-11,13H2,1-5H3. The Morgan fingerprint density at radius 3 is 2.32 bits per heavy atom. The highest BCUT2D eigenvalue weighted by molar-refractivity contribution is 5.91. The van der Waals surface area contributed by atoms with Gasteiger partial charge in [0.05, 0.1) is 12.7 Å². The molecule has 0 aromatic heterocycles. The number of benzene rings is 1. The topological polar surface area (TPSA) is 59.1 Å². The van der Waals surface area contributed by atoms with Gasteiger partial charge in [0.25, 0.3) is 0 Å². The maximum atomic E-state index is 12.1. The smallest absolute Gasteiger partial charge is 0.410 e. The molecular weight excluding hydrogens is 320 g/mol. The quantitative estimate of drug-likeness (QED) is 0.786. The SMILES string of the molecule is COC(=O)c1cc(C)ccc1CN1CCN(C(=O)OC(C)(C)C)CC1. The lowest BCUT2D eigenvalue weighted by molar-refractivity contribution is 0.0139. The molecule has 1 aliphatic rings. The fourth-order valence-corrected chi connectivity index (χ4v) is 2.78. The van der Waals surface area contributed by atoms with Crippen molar-refractivity contribution in [1.29, 1.82) is 0 Å².